The lowest BCUT2D eigenvalue weighted by molar-refractivity contribution is -0.137. The van der Waals surface area contributed by atoms with Crippen LogP contribution in [0.15, 0.2) is 54.7 Å². The third-order valence-electron chi connectivity index (χ3n) is 6.40. The molecule has 1 aliphatic heterocycles. The summed E-state index contributed by atoms with van der Waals surface area (Å²) in [4.78, 5) is 30.4. The number of halogens is 4. The Morgan fingerprint density at radius 3 is 2.35 bits per heavy atom. The quantitative estimate of drug-likeness (QED) is 0.222. The van der Waals surface area contributed by atoms with E-state index in [4.69, 9.17) is 20.0 Å². The lowest BCUT2D eigenvalue weighted by Crippen LogP contribution is -2.34. The number of hydrogen-bond donors (Lipinski definition) is 2. The molecule has 2 aliphatic rings. The van der Waals surface area contributed by atoms with Gasteiger partial charge >= 0.3 is 12.2 Å². The van der Waals surface area contributed by atoms with Crippen LogP contribution in [-0.2, 0) is 23.8 Å². The van der Waals surface area contributed by atoms with Gasteiger partial charge in [0.1, 0.15) is 22.8 Å². The second-order valence-electron chi connectivity index (χ2n) is 9.65. The Morgan fingerprint density at radius 1 is 1.09 bits per heavy atom. The molecule has 2 aromatic carbocycles. The molecule has 4 aromatic rings. The molecule has 0 atom stereocenters. The maximum atomic E-state index is 13.5. The highest BCUT2D eigenvalue weighted by atomic mass is 19.4. The molecular weight excluding hydrogens is 570 g/mol. The van der Waals surface area contributed by atoms with Crippen molar-refractivity contribution in [3.05, 3.63) is 77.4 Å². The van der Waals surface area contributed by atoms with Crippen molar-refractivity contribution in [3.8, 4) is 22.8 Å². The van der Waals surface area contributed by atoms with Gasteiger partial charge in [-0.1, -0.05) is 19.3 Å². The van der Waals surface area contributed by atoms with Crippen LogP contribution in [0.4, 0.5) is 28.0 Å². The van der Waals surface area contributed by atoms with Crippen LogP contribution in [0.25, 0.3) is 22.2 Å². The Bertz CT molecular complexity index is 1610. The molecule has 2 aromatic heterocycles. The van der Waals surface area contributed by atoms with Gasteiger partial charge in [0.2, 0.25) is 6.41 Å². The van der Waals surface area contributed by atoms with Gasteiger partial charge in [-0.2, -0.15) is 13.2 Å². The number of carbonyl (C=O) groups is 2. The Hall–Kier alpha value is -4.94. The van der Waals surface area contributed by atoms with E-state index in [0.29, 0.717) is 63.4 Å². The number of urea groups is 1. The summed E-state index contributed by atoms with van der Waals surface area (Å²) in [6.45, 7) is -0.0829. The summed E-state index contributed by atoms with van der Waals surface area (Å²) in [5.41, 5.74) is 11.9. The van der Waals surface area contributed by atoms with Gasteiger partial charge in [0.25, 0.3) is 0 Å². The van der Waals surface area contributed by atoms with Crippen molar-refractivity contribution in [2.24, 2.45) is 11.5 Å². The van der Waals surface area contributed by atoms with Crippen LogP contribution in [0.2, 0.25) is 0 Å². The van der Waals surface area contributed by atoms with E-state index in [9.17, 15) is 22.4 Å². The van der Waals surface area contributed by atoms with E-state index in [1.807, 2.05) is 0 Å². The molecule has 0 saturated heterocycles. The normalized spacial score (nSPS) is 13.1. The molecule has 1 aliphatic carbocycles. The first-order chi connectivity index (χ1) is 20.5. The fraction of sp³-hybridized carbons (Fsp3) is 0.267. The second kappa shape index (κ2) is 13.4. The van der Waals surface area contributed by atoms with Gasteiger partial charge in [0, 0.05) is 22.8 Å². The van der Waals surface area contributed by atoms with Gasteiger partial charge in [-0.05, 0) is 66.9 Å². The number of methoxy groups -OCH3 is 1. The highest BCUT2D eigenvalue weighted by Gasteiger charge is 2.32. The van der Waals surface area contributed by atoms with Crippen molar-refractivity contribution in [2.45, 2.75) is 38.3 Å². The SMILES string of the molecule is C1CC1.COc1cc(CCc2cc3c(c(-c4ccc(F)cc4)n2)OCN3C(N)=O)cc2cc(C(F)(F)F)cnc12.NC=O. The average Bonchev–Trinajstić information content (AvgIpc) is 3.80. The van der Waals surface area contributed by atoms with E-state index in [1.54, 1.807) is 30.3 Å². The number of carbonyl (C=O) groups excluding carboxylic acids is 2. The number of nitrogens with two attached hydrogens (primary N) is 2. The van der Waals surface area contributed by atoms with Crippen LogP contribution >= 0.6 is 0 Å². The summed E-state index contributed by atoms with van der Waals surface area (Å²) >= 11 is 0. The first-order valence-corrected chi connectivity index (χ1v) is 13.2. The predicted octanol–water partition coefficient (Wildman–Crippen LogP) is 5.76. The number of rotatable bonds is 5. The average molecular weight is 600 g/mol. The lowest BCUT2D eigenvalue weighted by atomic mass is 10.0. The molecule has 9 nitrogen and oxygen atoms in total. The van der Waals surface area contributed by atoms with Crippen LogP contribution in [0.3, 0.4) is 0 Å². The van der Waals surface area contributed by atoms with Gasteiger partial charge in [0.05, 0.1) is 18.4 Å². The van der Waals surface area contributed by atoms with Crippen molar-refractivity contribution in [1.29, 1.82) is 0 Å². The molecular formula is C30H29F4N5O4. The fourth-order valence-electron chi connectivity index (χ4n) is 4.23. The summed E-state index contributed by atoms with van der Waals surface area (Å²) in [5.74, 6) is 0.292. The van der Waals surface area contributed by atoms with E-state index < -0.39 is 23.6 Å². The third kappa shape index (κ3) is 7.67. The van der Waals surface area contributed by atoms with Gasteiger partial charge in [-0.3, -0.25) is 14.7 Å². The first kappa shape index (κ1) is 31.0. The first-order valence-electron chi connectivity index (χ1n) is 13.2. The Morgan fingerprint density at radius 2 is 1.77 bits per heavy atom. The van der Waals surface area contributed by atoms with Crippen molar-refractivity contribution < 1.29 is 36.6 Å². The molecule has 226 valence electrons. The molecule has 1 fully saturated rings. The van der Waals surface area contributed by atoms with Crippen molar-refractivity contribution in [3.63, 3.8) is 0 Å². The number of anilines is 1. The van der Waals surface area contributed by atoms with E-state index in [1.165, 1.54) is 43.4 Å². The molecule has 0 spiro atoms. The number of ether oxygens (including phenoxy) is 2. The number of aromatic nitrogens is 2. The maximum Gasteiger partial charge on any atom is 0.417 e. The van der Waals surface area contributed by atoms with Crippen LogP contribution in [-0.4, -0.2) is 36.2 Å². The Balaban J connectivity index is 0.000000640. The van der Waals surface area contributed by atoms with Gasteiger partial charge < -0.3 is 20.9 Å². The zero-order valence-corrected chi connectivity index (χ0v) is 23.2. The van der Waals surface area contributed by atoms with E-state index in [-0.39, 0.29) is 13.1 Å². The summed E-state index contributed by atoms with van der Waals surface area (Å²) in [6.07, 6.45) is 1.77. The predicted molar refractivity (Wildman–Crippen MR) is 152 cm³/mol. The number of nitrogens with zero attached hydrogens (tertiary/aromatic N) is 3. The van der Waals surface area contributed by atoms with Gasteiger partial charge in [-0.15, -0.1) is 0 Å². The molecule has 6 rings (SSSR count). The summed E-state index contributed by atoms with van der Waals surface area (Å²) in [7, 11) is 1.42. The maximum absolute atomic E-state index is 13.5. The number of fused-ring (bicyclic) bond motifs is 2. The van der Waals surface area contributed by atoms with Gasteiger partial charge in [-0.25, -0.2) is 14.2 Å². The number of alkyl halides is 3. The van der Waals surface area contributed by atoms with Crippen LogP contribution in [0.1, 0.15) is 36.1 Å². The van der Waals surface area contributed by atoms with E-state index in [2.05, 4.69) is 15.7 Å². The largest absolute Gasteiger partial charge is 0.494 e. The highest BCUT2D eigenvalue weighted by Crippen LogP contribution is 2.42. The molecule has 4 N–H and O–H groups in total. The number of hydrogen-bond acceptors (Lipinski definition) is 6. The smallest absolute Gasteiger partial charge is 0.417 e. The standard InChI is InChI=1S/C26H20F4N4O3.C3H6.CH3NO/c1-36-21-9-14(8-16-10-17(26(28,29)30)12-32-22(16)21)2-7-19-11-20-24(37-13-34(20)25(31)35)23(33-19)15-3-5-18(27)6-4-15;1-2-3-1;2-1-3/h3-6,8-12H,2,7,13H2,1H3,(H2,31,35);1-3H2;1H,(H2,2,3). The topological polar surface area (TPSA) is 134 Å². The molecule has 0 bridgehead atoms. The zero-order valence-electron chi connectivity index (χ0n) is 23.2. The summed E-state index contributed by atoms with van der Waals surface area (Å²) in [5, 5.41) is 0.298. The number of pyridine rings is 2. The minimum absolute atomic E-state index is 0.0829. The van der Waals surface area contributed by atoms with E-state index >= 15 is 0 Å². The summed E-state index contributed by atoms with van der Waals surface area (Å²) in [6, 6.07) is 11.1. The number of amides is 3. The Labute approximate surface area is 244 Å². The molecule has 43 heavy (non-hydrogen) atoms. The zero-order chi connectivity index (χ0) is 31.1. The van der Waals surface area contributed by atoms with Crippen LogP contribution < -0.4 is 25.8 Å². The number of benzene rings is 2. The van der Waals surface area contributed by atoms with Crippen LogP contribution in [0.5, 0.6) is 11.5 Å². The number of aryl methyl sites for hydroxylation is 2. The molecule has 3 heterocycles. The number of primary amides is 2. The Kier molecular flexibility index (Phi) is 9.63. The molecule has 0 unspecified atom stereocenters. The molecule has 1 saturated carbocycles. The molecule has 0 radical (unpaired) electrons. The van der Waals surface area contributed by atoms with Crippen molar-refractivity contribution in [1.82, 2.24) is 9.97 Å². The monoisotopic (exact) mass is 599 g/mol. The van der Waals surface area contributed by atoms with Gasteiger partial charge in [0.15, 0.2) is 12.5 Å². The third-order valence-corrected chi connectivity index (χ3v) is 6.40. The minimum Gasteiger partial charge on any atom is -0.494 e. The molecule has 13 heteroatoms. The highest BCUT2D eigenvalue weighted by molar-refractivity contribution is 5.95. The second-order valence-corrected chi connectivity index (χ2v) is 9.65. The molecule has 3 amide bonds. The summed E-state index contributed by atoms with van der Waals surface area (Å²) < 4.78 is 64.2. The van der Waals surface area contributed by atoms with Crippen molar-refractivity contribution >= 4 is 29.0 Å². The minimum atomic E-state index is -4.52. The van der Waals surface area contributed by atoms with Crippen molar-refractivity contribution in [2.75, 3.05) is 18.7 Å². The van der Waals surface area contributed by atoms with E-state index in [0.717, 1.165) is 12.3 Å². The fourth-order valence-corrected chi connectivity index (χ4v) is 4.23. The lowest BCUT2D eigenvalue weighted by Gasteiger charge is -2.14. The van der Waals surface area contributed by atoms with Crippen LogP contribution in [0, 0.1) is 5.82 Å².